The number of fused-ring (bicyclic) bond motifs is 1. The third-order valence-corrected chi connectivity index (χ3v) is 2.72. The molecule has 1 aromatic carbocycles. The van der Waals surface area contributed by atoms with E-state index in [9.17, 15) is 9.59 Å². The second kappa shape index (κ2) is 5.60. The van der Waals surface area contributed by atoms with Crippen molar-refractivity contribution in [3.63, 3.8) is 0 Å². The van der Waals surface area contributed by atoms with E-state index in [1.165, 1.54) is 11.6 Å². The summed E-state index contributed by atoms with van der Waals surface area (Å²) >= 11 is 0. The number of carbonyl (C=O) groups is 2. The molecule has 0 aliphatic rings. The predicted octanol–water partition coefficient (Wildman–Crippen LogP) is 2.10. The van der Waals surface area contributed by atoms with E-state index in [1.807, 2.05) is 19.1 Å². The van der Waals surface area contributed by atoms with Crippen LogP contribution in [0.1, 0.15) is 12.5 Å². The summed E-state index contributed by atoms with van der Waals surface area (Å²) in [6.45, 7) is 3.87. The molecule has 2 aromatic rings. The summed E-state index contributed by atoms with van der Waals surface area (Å²) in [5.41, 5.74) is 2.25. The molecule has 1 heterocycles. The number of anilines is 1. The largest absolute Gasteiger partial charge is 0.450 e. The zero-order chi connectivity index (χ0) is 14.7. The first-order valence-electron chi connectivity index (χ1n) is 6.21. The van der Waals surface area contributed by atoms with Crippen LogP contribution in [0.2, 0.25) is 0 Å². The predicted molar refractivity (Wildman–Crippen MR) is 75.0 cm³/mol. The van der Waals surface area contributed by atoms with Gasteiger partial charge >= 0.3 is 12.1 Å². The molecular formula is C13H16N4O3. The maximum absolute atomic E-state index is 12.0. The molecule has 0 unspecified atom stereocenters. The van der Waals surface area contributed by atoms with Gasteiger partial charge in [0.05, 0.1) is 17.6 Å². The molecule has 0 radical (unpaired) electrons. The lowest BCUT2D eigenvalue weighted by Gasteiger charge is -2.07. The normalized spacial score (nSPS) is 10.3. The molecule has 0 spiro atoms. The van der Waals surface area contributed by atoms with Gasteiger partial charge in [-0.05, 0) is 31.5 Å². The number of nitrogens with zero attached hydrogens (tertiary/aromatic N) is 2. The number of rotatable bonds is 2. The SMILES string of the molecule is CCOC(=O)Nc1nc2cc(C)ccc2n1C(=O)NC. The topological polar surface area (TPSA) is 85.2 Å². The van der Waals surface area contributed by atoms with Gasteiger partial charge < -0.3 is 10.1 Å². The average Bonchev–Trinajstić information content (AvgIpc) is 2.74. The maximum Gasteiger partial charge on any atom is 0.413 e. The highest BCUT2D eigenvalue weighted by molar-refractivity contribution is 5.96. The summed E-state index contributed by atoms with van der Waals surface area (Å²) in [5.74, 6) is 0.128. The minimum atomic E-state index is -0.648. The fourth-order valence-electron chi connectivity index (χ4n) is 1.85. The highest BCUT2D eigenvalue weighted by Crippen LogP contribution is 2.20. The van der Waals surface area contributed by atoms with Gasteiger partial charge in [0.1, 0.15) is 0 Å². The van der Waals surface area contributed by atoms with Crippen molar-refractivity contribution in [2.45, 2.75) is 13.8 Å². The van der Waals surface area contributed by atoms with Crippen molar-refractivity contribution in [1.29, 1.82) is 0 Å². The van der Waals surface area contributed by atoms with E-state index in [1.54, 1.807) is 13.0 Å². The van der Waals surface area contributed by atoms with Crippen molar-refractivity contribution in [2.75, 3.05) is 19.0 Å². The lowest BCUT2D eigenvalue weighted by atomic mass is 10.2. The van der Waals surface area contributed by atoms with Crippen LogP contribution in [0.4, 0.5) is 15.5 Å². The molecule has 20 heavy (non-hydrogen) atoms. The van der Waals surface area contributed by atoms with E-state index in [0.29, 0.717) is 11.0 Å². The van der Waals surface area contributed by atoms with Crippen molar-refractivity contribution in [2.24, 2.45) is 0 Å². The highest BCUT2D eigenvalue weighted by Gasteiger charge is 2.18. The van der Waals surface area contributed by atoms with Crippen LogP contribution in [0.25, 0.3) is 11.0 Å². The summed E-state index contributed by atoms with van der Waals surface area (Å²) in [6, 6.07) is 5.11. The molecule has 0 aliphatic carbocycles. The van der Waals surface area contributed by atoms with Crippen LogP contribution in [0, 0.1) is 6.92 Å². The van der Waals surface area contributed by atoms with Gasteiger partial charge in [-0.25, -0.2) is 19.1 Å². The number of nitrogens with one attached hydrogen (secondary N) is 2. The van der Waals surface area contributed by atoms with Crippen molar-refractivity contribution in [1.82, 2.24) is 14.9 Å². The van der Waals surface area contributed by atoms with E-state index in [-0.39, 0.29) is 18.6 Å². The average molecular weight is 276 g/mol. The Bertz CT molecular complexity index is 663. The number of aryl methyl sites for hydroxylation is 1. The number of carbonyl (C=O) groups excluding carboxylic acids is 2. The van der Waals surface area contributed by atoms with Gasteiger partial charge in [-0.3, -0.25) is 5.32 Å². The third kappa shape index (κ3) is 2.56. The maximum atomic E-state index is 12.0. The number of hydrogen-bond donors (Lipinski definition) is 2. The molecule has 0 saturated heterocycles. The Morgan fingerprint density at radius 3 is 2.80 bits per heavy atom. The summed E-state index contributed by atoms with van der Waals surface area (Å²) in [7, 11) is 1.51. The second-order valence-corrected chi connectivity index (χ2v) is 4.16. The van der Waals surface area contributed by atoms with Crippen LogP contribution < -0.4 is 10.6 Å². The standard InChI is InChI=1S/C13H16N4O3/c1-4-20-13(19)16-11-15-9-7-8(2)5-6-10(9)17(11)12(18)14-3/h5-7H,4H2,1-3H3,(H,14,18)(H,15,16,19). The number of imidazole rings is 1. The van der Waals surface area contributed by atoms with Crippen LogP contribution in [0.3, 0.4) is 0 Å². The number of hydrogen-bond acceptors (Lipinski definition) is 4. The zero-order valence-electron chi connectivity index (χ0n) is 11.6. The van der Waals surface area contributed by atoms with Gasteiger partial charge in [0.15, 0.2) is 0 Å². The van der Waals surface area contributed by atoms with Crippen LogP contribution in [-0.2, 0) is 4.74 Å². The van der Waals surface area contributed by atoms with Gasteiger partial charge in [0, 0.05) is 7.05 Å². The molecule has 106 valence electrons. The van der Waals surface area contributed by atoms with Crippen LogP contribution in [0.5, 0.6) is 0 Å². The van der Waals surface area contributed by atoms with Crippen molar-refractivity contribution < 1.29 is 14.3 Å². The smallest absolute Gasteiger partial charge is 0.413 e. The van der Waals surface area contributed by atoms with Gasteiger partial charge in [-0.15, -0.1) is 0 Å². The minimum absolute atomic E-state index is 0.128. The molecule has 0 bridgehead atoms. The monoisotopic (exact) mass is 276 g/mol. The summed E-state index contributed by atoms with van der Waals surface area (Å²) in [6.07, 6.45) is -0.648. The molecule has 0 saturated carbocycles. The van der Waals surface area contributed by atoms with Crippen molar-refractivity contribution >= 4 is 29.1 Å². The van der Waals surface area contributed by atoms with Gasteiger partial charge in [-0.1, -0.05) is 6.07 Å². The molecule has 2 N–H and O–H groups in total. The molecular weight excluding hydrogens is 260 g/mol. The van der Waals surface area contributed by atoms with Crippen molar-refractivity contribution in [3.05, 3.63) is 23.8 Å². The molecule has 0 fully saturated rings. The van der Waals surface area contributed by atoms with Crippen LogP contribution in [0.15, 0.2) is 18.2 Å². The van der Waals surface area contributed by atoms with Crippen molar-refractivity contribution in [3.8, 4) is 0 Å². The van der Waals surface area contributed by atoms with Crippen LogP contribution in [-0.4, -0.2) is 35.3 Å². The van der Waals surface area contributed by atoms with E-state index in [2.05, 4.69) is 15.6 Å². The highest BCUT2D eigenvalue weighted by atomic mass is 16.5. The third-order valence-electron chi connectivity index (χ3n) is 2.72. The molecule has 0 aliphatic heterocycles. The molecule has 1 aromatic heterocycles. The number of aromatic nitrogens is 2. The number of ether oxygens (including phenoxy) is 1. The molecule has 7 heteroatoms. The first-order valence-corrected chi connectivity index (χ1v) is 6.21. The molecule has 0 atom stereocenters. The van der Waals surface area contributed by atoms with E-state index in [4.69, 9.17) is 4.74 Å². The first kappa shape index (κ1) is 13.9. The zero-order valence-corrected chi connectivity index (χ0v) is 11.6. The molecule has 7 nitrogen and oxygen atoms in total. The fourth-order valence-corrected chi connectivity index (χ4v) is 1.85. The van der Waals surface area contributed by atoms with E-state index >= 15 is 0 Å². The lowest BCUT2D eigenvalue weighted by molar-refractivity contribution is 0.167. The number of benzene rings is 1. The number of amides is 2. The van der Waals surface area contributed by atoms with E-state index in [0.717, 1.165) is 5.56 Å². The minimum Gasteiger partial charge on any atom is -0.450 e. The Hall–Kier alpha value is -2.57. The van der Waals surface area contributed by atoms with Gasteiger partial charge in [-0.2, -0.15) is 0 Å². The summed E-state index contributed by atoms with van der Waals surface area (Å²) in [5, 5.41) is 4.98. The quantitative estimate of drug-likeness (QED) is 0.879. The Morgan fingerprint density at radius 1 is 1.40 bits per heavy atom. The Balaban J connectivity index is 2.51. The Kier molecular flexibility index (Phi) is 3.88. The van der Waals surface area contributed by atoms with Gasteiger partial charge in [0.2, 0.25) is 5.95 Å². The lowest BCUT2D eigenvalue weighted by Crippen LogP contribution is -2.27. The first-order chi connectivity index (χ1) is 9.56. The summed E-state index contributed by atoms with van der Waals surface area (Å²) in [4.78, 5) is 27.7. The second-order valence-electron chi connectivity index (χ2n) is 4.16. The Labute approximate surface area is 115 Å². The van der Waals surface area contributed by atoms with Crippen LogP contribution >= 0.6 is 0 Å². The fraction of sp³-hybridized carbons (Fsp3) is 0.308. The molecule has 2 amide bonds. The Morgan fingerprint density at radius 2 is 2.15 bits per heavy atom. The summed E-state index contributed by atoms with van der Waals surface area (Å²) < 4.78 is 6.10. The van der Waals surface area contributed by atoms with E-state index < -0.39 is 6.09 Å². The van der Waals surface area contributed by atoms with Gasteiger partial charge in [0.25, 0.3) is 0 Å². The molecule has 2 rings (SSSR count).